The van der Waals surface area contributed by atoms with Crippen molar-refractivity contribution in [2.45, 2.75) is 19.8 Å². The fraction of sp³-hybridized carbons (Fsp3) is 0.190. The Labute approximate surface area is 152 Å². The SMILES string of the molecule is Cc1ncc(C(=O)NCCCc2ccccc2F)c(-c2ccccc2)n1. The van der Waals surface area contributed by atoms with E-state index in [-0.39, 0.29) is 11.7 Å². The van der Waals surface area contributed by atoms with E-state index in [1.54, 1.807) is 25.3 Å². The Morgan fingerprint density at radius 1 is 1.08 bits per heavy atom. The summed E-state index contributed by atoms with van der Waals surface area (Å²) < 4.78 is 13.6. The highest BCUT2D eigenvalue weighted by Gasteiger charge is 2.15. The number of hydrogen-bond donors (Lipinski definition) is 1. The molecule has 0 radical (unpaired) electrons. The van der Waals surface area contributed by atoms with E-state index in [2.05, 4.69) is 15.3 Å². The van der Waals surface area contributed by atoms with Gasteiger partial charge in [-0.25, -0.2) is 14.4 Å². The van der Waals surface area contributed by atoms with Gasteiger partial charge in [0.2, 0.25) is 0 Å². The molecule has 0 saturated heterocycles. The lowest BCUT2D eigenvalue weighted by Crippen LogP contribution is -2.26. The van der Waals surface area contributed by atoms with E-state index in [1.165, 1.54) is 6.07 Å². The molecule has 0 unspecified atom stereocenters. The van der Waals surface area contributed by atoms with Gasteiger partial charge in [-0.3, -0.25) is 4.79 Å². The Bertz CT molecular complexity index is 897. The molecule has 0 aliphatic heterocycles. The third kappa shape index (κ3) is 4.30. The molecule has 5 heteroatoms. The van der Waals surface area contributed by atoms with E-state index < -0.39 is 0 Å². The molecule has 1 N–H and O–H groups in total. The molecule has 132 valence electrons. The van der Waals surface area contributed by atoms with Crippen molar-refractivity contribution in [3.8, 4) is 11.3 Å². The minimum Gasteiger partial charge on any atom is -0.352 e. The van der Waals surface area contributed by atoms with E-state index in [4.69, 9.17) is 0 Å². The monoisotopic (exact) mass is 349 g/mol. The van der Waals surface area contributed by atoms with Gasteiger partial charge in [-0.05, 0) is 31.4 Å². The number of amides is 1. The summed E-state index contributed by atoms with van der Waals surface area (Å²) in [6, 6.07) is 16.2. The van der Waals surface area contributed by atoms with Gasteiger partial charge in [-0.2, -0.15) is 0 Å². The number of halogens is 1. The number of nitrogens with one attached hydrogen (secondary N) is 1. The van der Waals surface area contributed by atoms with Crippen molar-refractivity contribution in [2.24, 2.45) is 0 Å². The molecule has 4 nitrogen and oxygen atoms in total. The first-order valence-corrected chi connectivity index (χ1v) is 8.56. The number of aromatic nitrogens is 2. The van der Waals surface area contributed by atoms with Crippen molar-refractivity contribution in [3.05, 3.63) is 83.6 Å². The fourth-order valence-electron chi connectivity index (χ4n) is 2.73. The predicted molar refractivity (Wildman–Crippen MR) is 99.3 cm³/mol. The standard InChI is InChI=1S/C21H20FN3O/c1-15-24-14-18(20(25-15)17-9-3-2-4-10-17)21(26)23-13-7-11-16-8-5-6-12-19(16)22/h2-6,8-10,12,14H,7,11,13H2,1H3,(H,23,26). The first kappa shape index (κ1) is 17.7. The molecule has 0 bridgehead atoms. The Balaban J connectivity index is 1.66. The lowest BCUT2D eigenvalue weighted by atomic mass is 10.1. The van der Waals surface area contributed by atoms with E-state index in [1.807, 2.05) is 36.4 Å². The van der Waals surface area contributed by atoms with E-state index >= 15 is 0 Å². The number of hydrogen-bond acceptors (Lipinski definition) is 3. The van der Waals surface area contributed by atoms with E-state index in [0.717, 1.165) is 5.56 Å². The number of carbonyl (C=O) groups is 1. The van der Waals surface area contributed by atoms with Crippen molar-refractivity contribution in [1.82, 2.24) is 15.3 Å². The van der Waals surface area contributed by atoms with Crippen molar-refractivity contribution < 1.29 is 9.18 Å². The molecule has 0 spiro atoms. The number of aryl methyl sites for hydroxylation is 2. The molecular formula is C21H20FN3O. The maximum atomic E-state index is 13.6. The second-order valence-electron chi connectivity index (χ2n) is 6.00. The Morgan fingerprint density at radius 3 is 2.58 bits per heavy atom. The minimum absolute atomic E-state index is 0.211. The molecule has 1 heterocycles. The molecule has 0 atom stereocenters. The number of benzene rings is 2. The number of carbonyl (C=O) groups excluding carboxylic acids is 1. The van der Waals surface area contributed by atoms with Crippen molar-refractivity contribution in [1.29, 1.82) is 0 Å². The van der Waals surface area contributed by atoms with Crippen molar-refractivity contribution >= 4 is 5.91 Å². The van der Waals surface area contributed by atoms with Crippen molar-refractivity contribution in [2.75, 3.05) is 6.54 Å². The molecule has 0 saturated carbocycles. The Kier molecular flexibility index (Phi) is 5.69. The predicted octanol–water partition coefficient (Wildman–Crippen LogP) is 3.95. The van der Waals surface area contributed by atoms with E-state index in [0.29, 0.717) is 42.0 Å². The molecule has 3 aromatic rings. The Morgan fingerprint density at radius 2 is 1.81 bits per heavy atom. The van der Waals surface area contributed by atoms with Gasteiger partial charge in [0.15, 0.2) is 0 Å². The van der Waals surface area contributed by atoms with Crippen LogP contribution >= 0.6 is 0 Å². The summed E-state index contributed by atoms with van der Waals surface area (Å²) in [4.78, 5) is 21.1. The highest BCUT2D eigenvalue weighted by molar-refractivity contribution is 5.99. The molecular weight excluding hydrogens is 329 g/mol. The minimum atomic E-state index is -0.225. The first-order valence-electron chi connectivity index (χ1n) is 8.56. The summed E-state index contributed by atoms with van der Waals surface area (Å²) in [6.07, 6.45) is 2.78. The zero-order valence-corrected chi connectivity index (χ0v) is 14.6. The summed E-state index contributed by atoms with van der Waals surface area (Å²) >= 11 is 0. The van der Waals surface area contributed by atoms with Gasteiger partial charge < -0.3 is 5.32 Å². The van der Waals surface area contributed by atoms with Crippen LogP contribution in [-0.2, 0) is 6.42 Å². The smallest absolute Gasteiger partial charge is 0.255 e. The van der Waals surface area contributed by atoms with Crippen LogP contribution in [0.2, 0.25) is 0 Å². The number of rotatable bonds is 6. The Hall–Kier alpha value is -3.08. The quantitative estimate of drug-likeness (QED) is 0.686. The van der Waals surface area contributed by atoms with E-state index in [9.17, 15) is 9.18 Å². The lowest BCUT2D eigenvalue weighted by Gasteiger charge is -2.10. The second kappa shape index (κ2) is 8.34. The molecule has 0 aliphatic carbocycles. The normalized spacial score (nSPS) is 10.5. The van der Waals surface area contributed by atoms with Gasteiger partial charge in [-0.15, -0.1) is 0 Å². The van der Waals surface area contributed by atoms with Crippen LogP contribution in [0.25, 0.3) is 11.3 Å². The maximum absolute atomic E-state index is 13.6. The van der Waals surface area contributed by atoms with Gasteiger partial charge in [0.05, 0.1) is 11.3 Å². The lowest BCUT2D eigenvalue weighted by molar-refractivity contribution is 0.0953. The molecule has 0 aliphatic rings. The largest absolute Gasteiger partial charge is 0.352 e. The molecule has 0 fully saturated rings. The van der Waals surface area contributed by atoms with Crippen LogP contribution in [-0.4, -0.2) is 22.4 Å². The van der Waals surface area contributed by atoms with Gasteiger partial charge in [0.1, 0.15) is 11.6 Å². The first-order chi connectivity index (χ1) is 12.6. The molecule has 1 amide bonds. The molecule has 26 heavy (non-hydrogen) atoms. The summed E-state index contributed by atoms with van der Waals surface area (Å²) in [7, 11) is 0. The van der Waals surface area contributed by atoms with Crippen LogP contribution in [0, 0.1) is 12.7 Å². The fourth-order valence-corrected chi connectivity index (χ4v) is 2.73. The maximum Gasteiger partial charge on any atom is 0.255 e. The zero-order chi connectivity index (χ0) is 18.4. The molecule has 1 aromatic heterocycles. The zero-order valence-electron chi connectivity index (χ0n) is 14.6. The third-order valence-electron chi connectivity index (χ3n) is 4.07. The average molecular weight is 349 g/mol. The molecule has 2 aromatic carbocycles. The summed E-state index contributed by atoms with van der Waals surface area (Å²) in [5.74, 6) is 0.175. The highest BCUT2D eigenvalue weighted by Crippen LogP contribution is 2.20. The van der Waals surface area contributed by atoms with Gasteiger partial charge in [0, 0.05) is 18.3 Å². The van der Waals surface area contributed by atoms with Gasteiger partial charge in [0.25, 0.3) is 5.91 Å². The van der Waals surface area contributed by atoms with Gasteiger partial charge in [-0.1, -0.05) is 48.5 Å². The summed E-state index contributed by atoms with van der Waals surface area (Å²) in [5.41, 5.74) is 2.58. The summed E-state index contributed by atoms with van der Waals surface area (Å²) in [6.45, 7) is 2.25. The average Bonchev–Trinajstić information content (AvgIpc) is 2.67. The van der Waals surface area contributed by atoms with Crippen LogP contribution in [0.1, 0.15) is 28.2 Å². The van der Waals surface area contributed by atoms with Crippen LogP contribution in [0.4, 0.5) is 4.39 Å². The van der Waals surface area contributed by atoms with Crippen LogP contribution in [0.5, 0.6) is 0 Å². The van der Waals surface area contributed by atoms with Crippen LogP contribution < -0.4 is 5.32 Å². The third-order valence-corrected chi connectivity index (χ3v) is 4.07. The topological polar surface area (TPSA) is 54.9 Å². The second-order valence-corrected chi connectivity index (χ2v) is 6.00. The van der Waals surface area contributed by atoms with Gasteiger partial charge >= 0.3 is 0 Å². The molecule has 3 rings (SSSR count). The van der Waals surface area contributed by atoms with Crippen LogP contribution in [0.15, 0.2) is 60.8 Å². The number of nitrogens with zero attached hydrogens (tertiary/aromatic N) is 2. The van der Waals surface area contributed by atoms with Crippen molar-refractivity contribution in [3.63, 3.8) is 0 Å². The summed E-state index contributed by atoms with van der Waals surface area (Å²) in [5, 5.41) is 2.88. The van der Waals surface area contributed by atoms with Crippen LogP contribution in [0.3, 0.4) is 0 Å². The highest BCUT2D eigenvalue weighted by atomic mass is 19.1.